The molecule has 0 bridgehead atoms. The summed E-state index contributed by atoms with van der Waals surface area (Å²) in [6.45, 7) is 3.16. The van der Waals surface area contributed by atoms with Crippen molar-refractivity contribution < 1.29 is 4.79 Å². The summed E-state index contributed by atoms with van der Waals surface area (Å²) in [6, 6.07) is 1.96. The molecular weight excluding hydrogens is 275 g/mol. The Balaban J connectivity index is 2.01. The lowest BCUT2D eigenvalue weighted by Crippen LogP contribution is -2.44. The monoisotopic (exact) mass is 288 g/mol. The summed E-state index contributed by atoms with van der Waals surface area (Å²) in [5.41, 5.74) is 0.804. The second-order valence-corrected chi connectivity index (χ2v) is 5.05. The fourth-order valence-electron chi connectivity index (χ4n) is 2.12. The van der Waals surface area contributed by atoms with Crippen LogP contribution in [-0.4, -0.2) is 35.2 Å². The van der Waals surface area contributed by atoms with E-state index >= 15 is 0 Å². The molecule has 7 heteroatoms. The van der Waals surface area contributed by atoms with E-state index in [1.54, 1.807) is 6.07 Å². The molecule has 0 aliphatic carbocycles. The van der Waals surface area contributed by atoms with E-state index in [-0.39, 0.29) is 11.9 Å². The number of amides is 1. The zero-order valence-corrected chi connectivity index (χ0v) is 11.5. The van der Waals surface area contributed by atoms with Crippen molar-refractivity contribution in [1.29, 1.82) is 0 Å². The molecule has 0 saturated carbocycles. The lowest BCUT2D eigenvalue weighted by Gasteiger charge is -2.33. The van der Waals surface area contributed by atoms with Gasteiger partial charge < -0.3 is 10.2 Å². The molecule has 0 spiro atoms. The average Bonchev–Trinajstić information content (AvgIpc) is 2.33. The van der Waals surface area contributed by atoms with Crippen molar-refractivity contribution in [2.45, 2.75) is 25.8 Å². The Bertz CT molecular complexity index is 447. The normalized spacial score (nSPS) is 16.7. The van der Waals surface area contributed by atoms with Gasteiger partial charge in [0.2, 0.25) is 5.91 Å². The van der Waals surface area contributed by atoms with E-state index in [0.717, 1.165) is 31.6 Å². The predicted octanol–water partition coefficient (Wildman–Crippen LogP) is 1.89. The number of nitrogens with one attached hydrogen (secondary N) is 1. The van der Waals surface area contributed by atoms with Crippen molar-refractivity contribution in [1.82, 2.24) is 15.5 Å². The molecule has 1 aromatic heterocycles. The number of anilines is 1. The topological polar surface area (TPSA) is 58.1 Å². The Kier molecular flexibility index (Phi) is 4.24. The van der Waals surface area contributed by atoms with Crippen LogP contribution in [-0.2, 0) is 4.79 Å². The van der Waals surface area contributed by atoms with Crippen LogP contribution in [0.15, 0.2) is 6.07 Å². The highest BCUT2D eigenvalue weighted by atomic mass is 35.5. The molecule has 0 unspecified atom stereocenters. The molecule has 1 fully saturated rings. The minimum absolute atomic E-state index is 0.0140. The molecule has 1 aromatic rings. The van der Waals surface area contributed by atoms with Gasteiger partial charge in [-0.05, 0) is 12.8 Å². The van der Waals surface area contributed by atoms with Crippen LogP contribution in [0.1, 0.15) is 19.8 Å². The minimum Gasteiger partial charge on any atom is -0.369 e. The van der Waals surface area contributed by atoms with E-state index in [9.17, 15) is 4.79 Å². The van der Waals surface area contributed by atoms with E-state index < -0.39 is 0 Å². The van der Waals surface area contributed by atoms with Crippen molar-refractivity contribution in [3.05, 3.63) is 16.4 Å². The summed E-state index contributed by atoms with van der Waals surface area (Å²) < 4.78 is 0. The zero-order valence-electron chi connectivity index (χ0n) is 9.99. The van der Waals surface area contributed by atoms with E-state index in [1.807, 2.05) is 0 Å². The Labute approximate surface area is 115 Å². The Morgan fingerprint density at radius 1 is 1.39 bits per heavy atom. The molecule has 98 valence electrons. The molecule has 2 rings (SSSR count). The zero-order chi connectivity index (χ0) is 13.1. The summed E-state index contributed by atoms with van der Waals surface area (Å²) in [6.07, 6.45) is 1.77. The number of hydrogen-bond donors (Lipinski definition) is 1. The summed E-state index contributed by atoms with van der Waals surface area (Å²) in [4.78, 5) is 13.1. The number of carbonyl (C=O) groups is 1. The number of aromatic nitrogens is 2. The van der Waals surface area contributed by atoms with Gasteiger partial charge in [-0.25, -0.2) is 0 Å². The Morgan fingerprint density at radius 2 is 2.06 bits per heavy atom. The maximum absolute atomic E-state index is 11.0. The first-order valence-corrected chi connectivity index (χ1v) is 6.52. The van der Waals surface area contributed by atoms with E-state index in [1.165, 1.54) is 6.92 Å². The van der Waals surface area contributed by atoms with Crippen LogP contribution in [0.5, 0.6) is 0 Å². The van der Waals surface area contributed by atoms with Crippen molar-refractivity contribution in [2.24, 2.45) is 0 Å². The second kappa shape index (κ2) is 5.71. The number of piperidine rings is 1. The molecule has 0 aromatic carbocycles. The molecule has 2 heterocycles. The summed E-state index contributed by atoms with van der Waals surface area (Å²) >= 11 is 11.8. The van der Waals surface area contributed by atoms with E-state index in [0.29, 0.717) is 10.3 Å². The van der Waals surface area contributed by atoms with Crippen molar-refractivity contribution in [2.75, 3.05) is 18.0 Å². The van der Waals surface area contributed by atoms with Crippen LogP contribution >= 0.6 is 23.2 Å². The van der Waals surface area contributed by atoms with Crippen LogP contribution in [0.25, 0.3) is 0 Å². The molecule has 1 N–H and O–H groups in total. The van der Waals surface area contributed by atoms with Crippen LogP contribution < -0.4 is 10.2 Å². The molecule has 1 aliphatic rings. The standard InChI is InChI=1S/C11H14Cl2N4O/c1-7(18)14-8-2-4-17(5-3-8)9-6-10(12)15-16-11(9)13/h6,8H,2-5H2,1H3,(H,14,18). The molecule has 0 radical (unpaired) electrons. The molecule has 5 nitrogen and oxygen atoms in total. The van der Waals surface area contributed by atoms with Crippen molar-refractivity contribution >= 4 is 34.8 Å². The third-order valence-electron chi connectivity index (χ3n) is 2.94. The van der Waals surface area contributed by atoms with Gasteiger partial charge in [0.1, 0.15) is 0 Å². The van der Waals surface area contributed by atoms with Crippen LogP contribution in [0.4, 0.5) is 5.69 Å². The first-order chi connectivity index (χ1) is 8.56. The van der Waals surface area contributed by atoms with Crippen LogP contribution in [0.3, 0.4) is 0 Å². The van der Waals surface area contributed by atoms with Gasteiger partial charge in [-0.2, -0.15) is 0 Å². The molecule has 1 saturated heterocycles. The molecular formula is C11H14Cl2N4O. The first-order valence-electron chi connectivity index (χ1n) is 5.77. The molecule has 1 aliphatic heterocycles. The molecule has 0 atom stereocenters. The van der Waals surface area contributed by atoms with Gasteiger partial charge in [-0.15, -0.1) is 10.2 Å². The number of rotatable bonds is 2. The van der Waals surface area contributed by atoms with Crippen molar-refractivity contribution in [3.8, 4) is 0 Å². The highest BCUT2D eigenvalue weighted by Gasteiger charge is 2.22. The van der Waals surface area contributed by atoms with E-state index in [4.69, 9.17) is 23.2 Å². The summed E-state index contributed by atoms with van der Waals surface area (Å²) in [5.74, 6) is 0.0140. The Hall–Kier alpha value is -1.07. The third kappa shape index (κ3) is 3.23. The largest absolute Gasteiger partial charge is 0.369 e. The van der Waals surface area contributed by atoms with Gasteiger partial charge in [-0.3, -0.25) is 4.79 Å². The van der Waals surface area contributed by atoms with Gasteiger partial charge in [-0.1, -0.05) is 23.2 Å². The Morgan fingerprint density at radius 3 is 2.67 bits per heavy atom. The van der Waals surface area contributed by atoms with Gasteiger partial charge in [0.15, 0.2) is 10.3 Å². The maximum Gasteiger partial charge on any atom is 0.217 e. The first kappa shape index (κ1) is 13.4. The van der Waals surface area contributed by atoms with E-state index in [2.05, 4.69) is 20.4 Å². The SMILES string of the molecule is CC(=O)NC1CCN(c2cc(Cl)nnc2Cl)CC1. The summed E-state index contributed by atoms with van der Waals surface area (Å²) in [5, 5.41) is 11.1. The van der Waals surface area contributed by atoms with Crippen LogP contribution in [0, 0.1) is 0 Å². The molecule has 1 amide bonds. The lowest BCUT2D eigenvalue weighted by atomic mass is 10.0. The second-order valence-electron chi connectivity index (χ2n) is 4.30. The van der Waals surface area contributed by atoms with Gasteiger partial charge in [0, 0.05) is 32.1 Å². The quantitative estimate of drug-likeness (QED) is 0.903. The maximum atomic E-state index is 11.0. The number of halogens is 2. The molecule has 18 heavy (non-hydrogen) atoms. The highest BCUT2D eigenvalue weighted by Crippen LogP contribution is 2.27. The fourth-order valence-corrected chi connectivity index (χ4v) is 2.47. The average molecular weight is 289 g/mol. The summed E-state index contributed by atoms with van der Waals surface area (Å²) in [7, 11) is 0. The van der Waals surface area contributed by atoms with Gasteiger partial charge >= 0.3 is 0 Å². The van der Waals surface area contributed by atoms with Crippen LogP contribution in [0.2, 0.25) is 10.3 Å². The van der Waals surface area contributed by atoms with Gasteiger partial charge in [0.25, 0.3) is 0 Å². The van der Waals surface area contributed by atoms with Crippen molar-refractivity contribution in [3.63, 3.8) is 0 Å². The minimum atomic E-state index is 0.0140. The lowest BCUT2D eigenvalue weighted by molar-refractivity contribution is -0.119. The number of nitrogens with zero attached hydrogens (tertiary/aromatic N) is 3. The van der Waals surface area contributed by atoms with Gasteiger partial charge in [0.05, 0.1) is 5.69 Å². The smallest absolute Gasteiger partial charge is 0.217 e. The number of hydrogen-bond acceptors (Lipinski definition) is 4. The predicted molar refractivity (Wildman–Crippen MR) is 71.1 cm³/mol. The highest BCUT2D eigenvalue weighted by molar-refractivity contribution is 6.33. The third-order valence-corrected chi connectivity index (χ3v) is 3.40. The fraction of sp³-hybridized carbons (Fsp3) is 0.545. The number of carbonyl (C=O) groups excluding carboxylic acids is 1.